The Balaban J connectivity index is 2.01. The highest BCUT2D eigenvalue weighted by Crippen LogP contribution is 2.41. The first-order valence-electron chi connectivity index (χ1n) is 6.27. The first-order valence-corrected chi connectivity index (χ1v) is 6.71. The van der Waals surface area contributed by atoms with Crippen molar-refractivity contribution >= 4 is 17.3 Å². The molecule has 18 heavy (non-hydrogen) atoms. The molecule has 0 amide bonds. The molecule has 2 aliphatic heterocycles. The Labute approximate surface area is 112 Å². The van der Waals surface area contributed by atoms with Crippen molar-refractivity contribution in [2.24, 2.45) is 0 Å². The summed E-state index contributed by atoms with van der Waals surface area (Å²) in [5.41, 5.74) is 2.16. The molecule has 1 atom stereocenters. The van der Waals surface area contributed by atoms with Crippen molar-refractivity contribution in [1.82, 2.24) is 5.32 Å². The summed E-state index contributed by atoms with van der Waals surface area (Å²) in [5.74, 6) is 1.66. The van der Waals surface area contributed by atoms with E-state index in [1.54, 1.807) is 0 Å². The molecule has 1 fully saturated rings. The number of hydrogen-bond acceptors (Lipinski definition) is 4. The third-order valence-corrected chi connectivity index (χ3v) is 3.65. The fourth-order valence-corrected chi connectivity index (χ4v) is 2.74. The van der Waals surface area contributed by atoms with Gasteiger partial charge in [-0.25, -0.2) is 0 Å². The van der Waals surface area contributed by atoms with Gasteiger partial charge in [-0.3, -0.25) is 0 Å². The van der Waals surface area contributed by atoms with Gasteiger partial charge in [0.25, 0.3) is 0 Å². The number of piperazine rings is 1. The molecule has 0 spiro atoms. The summed E-state index contributed by atoms with van der Waals surface area (Å²) in [7, 11) is 0. The lowest BCUT2D eigenvalue weighted by Crippen LogP contribution is -2.48. The predicted molar refractivity (Wildman–Crippen MR) is 72.0 cm³/mol. The molecule has 1 N–H and O–H groups in total. The minimum absolute atomic E-state index is 0.0461. The van der Waals surface area contributed by atoms with Crippen molar-refractivity contribution in [3.8, 4) is 11.5 Å². The standard InChI is InChI=1S/C13H17ClN2O2/c1-9-6-10(16-3-2-15-8-12(16)14)13-11(7-9)17-4-5-18-13/h6-7,12,15H,2-5,8H2,1H3. The number of benzene rings is 1. The third-order valence-electron chi connectivity index (χ3n) is 3.26. The summed E-state index contributed by atoms with van der Waals surface area (Å²) in [5, 5.41) is 3.28. The van der Waals surface area contributed by atoms with Gasteiger partial charge in [-0.1, -0.05) is 11.6 Å². The summed E-state index contributed by atoms with van der Waals surface area (Å²) >= 11 is 6.38. The van der Waals surface area contributed by atoms with Crippen LogP contribution in [0.4, 0.5) is 5.69 Å². The summed E-state index contributed by atoms with van der Waals surface area (Å²) in [6, 6.07) is 4.14. The maximum atomic E-state index is 6.38. The number of rotatable bonds is 1. The van der Waals surface area contributed by atoms with E-state index in [1.807, 2.05) is 6.07 Å². The lowest BCUT2D eigenvalue weighted by molar-refractivity contribution is 0.171. The number of nitrogens with one attached hydrogen (secondary N) is 1. The average Bonchev–Trinajstić information content (AvgIpc) is 2.38. The smallest absolute Gasteiger partial charge is 0.184 e. The summed E-state index contributed by atoms with van der Waals surface area (Å²) in [6.07, 6.45) is 0. The molecule has 1 saturated heterocycles. The van der Waals surface area contributed by atoms with E-state index >= 15 is 0 Å². The molecule has 1 unspecified atom stereocenters. The molecule has 3 rings (SSSR count). The lowest BCUT2D eigenvalue weighted by Gasteiger charge is -2.36. The minimum Gasteiger partial charge on any atom is -0.486 e. The van der Waals surface area contributed by atoms with Crippen LogP contribution >= 0.6 is 11.6 Å². The molecule has 98 valence electrons. The zero-order valence-corrected chi connectivity index (χ0v) is 11.2. The Morgan fingerprint density at radius 2 is 2.17 bits per heavy atom. The van der Waals surface area contributed by atoms with E-state index in [0.29, 0.717) is 13.2 Å². The molecular formula is C13H17ClN2O2. The zero-order chi connectivity index (χ0) is 12.5. The van der Waals surface area contributed by atoms with Gasteiger partial charge in [-0.15, -0.1) is 0 Å². The second-order valence-corrected chi connectivity index (χ2v) is 5.14. The molecule has 4 nitrogen and oxygen atoms in total. The second-order valence-electron chi connectivity index (χ2n) is 4.64. The van der Waals surface area contributed by atoms with Gasteiger partial charge in [0.05, 0.1) is 5.69 Å². The van der Waals surface area contributed by atoms with Crippen LogP contribution in [-0.2, 0) is 0 Å². The van der Waals surface area contributed by atoms with E-state index in [1.165, 1.54) is 0 Å². The van der Waals surface area contributed by atoms with Gasteiger partial charge in [0, 0.05) is 19.6 Å². The Morgan fingerprint density at radius 3 is 3.00 bits per heavy atom. The lowest BCUT2D eigenvalue weighted by atomic mass is 10.1. The number of alkyl halides is 1. The molecular weight excluding hydrogens is 252 g/mol. The minimum atomic E-state index is -0.0461. The van der Waals surface area contributed by atoms with Crippen molar-refractivity contribution in [3.05, 3.63) is 17.7 Å². The van der Waals surface area contributed by atoms with E-state index in [2.05, 4.69) is 23.2 Å². The normalized spacial score (nSPS) is 23.0. The van der Waals surface area contributed by atoms with E-state index in [4.69, 9.17) is 21.1 Å². The fourth-order valence-electron chi connectivity index (χ4n) is 2.42. The van der Waals surface area contributed by atoms with Crippen molar-refractivity contribution in [2.75, 3.05) is 37.7 Å². The second kappa shape index (κ2) is 4.86. The Kier molecular flexibility index (Phi) is 3.22. The molecule has 0 aromatic heterocycles. The zero-order valence-electron chi connectivity index (χ0n) is 10.4. The molecule has 1 aromatic rings. The molecule has 0 radical (unpaired) electrons. The van der Waals surface area contributed by atoms with Crippen LogP contribution in [0.3, 0.4) is 0 Å². The van der Waals surface area contributed by atoms with Crippen LogP contribution < -0.4 is 19.7 Å². The monoisotopic (exact) mass is 268 g/mol. The van der Waals surface area contributed by atoms with Crippen LogP contribution in [0.5, 0.6) is 11.5 Å². The highest BCUT2D eigenvalue weighted by molar-refractivity contribution is 6.22. The Bertz CT molecular complexity index is 453. The first kappa shape index (κ1) is 11.9. The van der Waals surface area contributed by atoms with Gasteiger partial charge in [0.2, 0.25) is 0 Å². The highest BCUT2D eigenvalue weighted by atomic mass is 35.5. The molecule has 2 heterocycles. The summed E-state index contributed by atoms with van der Waals surface area (Å²) < 4.78 is 11.4. The van der Waals surface area contributed by atoms with Gasteiger partial charge < -0.3 is 19.7 Å². The van der Waals surface area contributed by atoms with E-state index < -0.39 is 0 Å². The number of nitrogens with zero attached hydrogens (tertiary/aromatic N) is 1. The van der Waals surface area contributed by atoms with Gasteiger partial charge in [-0.2, -0.15) is 0 Å². The number of fused-ring (bicyclic) bond motifs is 1. The van der Waals surface area contributed by atoms with Gasteiger partial charge in [0.15, 0.2) is 11.5 Å². The van der Waals surface area contributed by atoms with Crippen LogP contribution in [0.15, 0.2) is 12.1 Å². The number of anilines is 1. The number of hydrogen-bond donors (Lipinski definition) is 1. The number of halogens is 1. The highest BCUT2D eigenvalue weighted by Gasteiger charge is 2.26. The molecule has 0 bridgehead atoms. The first-order chi connectivity index (χ1) is 8.75. The third kappa shape index (κ3) is 2.10. The fraction of sp³-hybridized carbons (Fsp3) is 0.538. The van der Waals surface area contributed by atoms with Crippen LogP contribution in [0, 0.1) is 6.92 Å². The van der Waals surface area contributed by atoms with Crippen LogP contribution in [0.1, 0.15) is 5.56 Å². The van der Waals surface area contributed by atoms with E-state index in [0.717, 1.165) is 42.4 Å². The van der Waals surface area contributed by atoms with Crippen LogP contribution in [-0.4, -0.2) is 38.3 Å². The van der Waals surface area contributed by atoms with Gasteiger partial charge in [-0.05, 0) is 24.6 Å². The SMILES string of the molecule is Cc1cc2c(c(N3CCNCC3Cl)c1)OCCO2. The van der Waals surface area contributed by atoms with Crippen molar-refractivity contribution in [2.45, 2.75) is 12.4 Å². The molecule has 0 saturated carbocycles. The largest absolute Gasteiger partial charge is 0.486 e. The van der Waals surface area contributed by atoms with Crippen LogP contribution in [0.25, 0.3) is 0 Å². The quantitative estimate of drug-likeness (QED) is 0.621. The van der Waals surface area contributed by atoms with E-state index in [-0.39, 0.29) is 5.50 Å². The van der Waals surface area contributed by atoms with Crippen molar-refractivity contribution in [1.29, 1.82) is 0 Å². The Hall–Kier alpha value is -1.13. The summed E-state index contributed by atoms with van der Waals surface area (Å²) in [6.45, 7) is 5.88. The molecule has 1 aromatic carbocycles. The predicted octanol–water partition coefficient (Wildman–Crippen LogP) is 1.74. The maximum absolute atomic E-state index is 6.38. The van der Waals surface area contributed by atoms with Gasteiger partial charge >= 0.3 is 0 Å². The van der Waals surface area contributed by atoms with Crippen molar-refractivity contribution < 1.29 is 9.47 Å². The van der Waals surface area contributed by atoms with E-state index in [9.17, 15) is 0 Å². The van der Waals surface area contributed by atoms with Gasteiger partial charge in [0.1, 0.15) is 18.7 Å². The summed E-state index contributed by atoms with van der Waals surface area (Å²) in [4.78, 5) is 2.18. The maximum Gasteiger partial charge on any atom is 0.184 e. The van der Waals surface area contributed by atoms with Crippen molar-refractivity contribution in [3.63, 3.8) is 0 Å². The molecule has 5 heteroatoms. The topological polar surface area (TPSA) is 33.7 Å². The molecule has 0 aliphatic carbocycles. The van der Waals surface area contributed by atoms with Crippen LogP contribution in [0.2, 0.25) is 0 Å². The average molecular weight is 269 g/mol. The number of ether oxygens (including phenoxy) is 2. The number of aryl methyl sites for hydroxylation is 1. The molecule has 2 aliphatic rings. The Morgan fingerprint density at radius 1 is 1.33 bits per heavy atom.